The van der Waals surface area contributed by atoms with Crippen LogP contribution in [0.1, 0.15) is 60.1 Å². The van der Waals surface area contributed by atoms with Gasteiger partial charge in [-0.25, -0.2) is 8.78 Å². The minimum atomic E-state index is -5.26. The van der Waals surface area contributed by atoms with Crippen LogP contribution in [-0.2, 0) is 6.42 Å². The first kappa shape index (κ1) is 27.6. The zero-order chi connectivity index (χ0) is 27.5. The molecule has 0 spiro atoms. The van der Waals surface area contributed by atoms with Crippen molar-refractivity contribution in [2.24, 2.45) is 0 Å². The molecular weight excluding hydrogens is 522 g/mol. The van der Waals surface area contributed by atoms with Crippen LogP contribution in [-0.4, -0.2) is 16.8 Å². The topological polar surface area (TPSA) is 36.7 Å². The minimum Gasteiger partial charge on any atom is -0.265 e. The molecule has 4 rings (SSSR count). The van der Waals surface area contributed by atoms with Gasteiger partial charge in [-0.3, -0.25) is 4.98 Å². The monoisotopic (exact) mass is 546 g/mol. The Kier molecular flexibility index (Phi) is 8.12. The van der Waals surface area contributed by atoms with Gasteiger partial charge < -0.3 is 0 Å². The van der Waals surface area contributed by atoms with Gasteiger partial charge in [-0.1, -0.05) is 50.5 Å². The van der Waals surface area contributed by atoms with E-state index in [-0.39, 0.29) is 28.0 Å². The van der Waals surface area contributed by atoms with Crippen LogP contribution >= 0.6 is 11.3 Å². The van der Waals surface area contributed by atoms with E-state index in [1.807, 2.05) is 25.1 Å². The number of halogens is 6. The maximum Gasteiger partial charge on any atom is 0.364 e. The van der Waals surface area contributed by atoms with Gasteiger partial charge in [-0.05, 0) is 64.2 Å². The molecule has 0 saturated heterocycles. The van der Waals surface area contributed by atoms with Crippen LogP contribution in [0.15, 0.2) is 65.8 Å². The highest BCUT2D eigenvalue weighted by Gasteiger charge is 2.72. The molecule has 2 aromatic heterocycles. The first-order chi connectivity index (χ1) is 18.1. The Morgan fingerprint density at radius 2 is 1.66 bits per heavy atom. The van der Waals surface area contributed by atoms with Crippen LogP contribution in [0, 0.1) is 11.3 Å². The van der Waals surface area contributed by atoms with Crippen LogP contribution in [0.2, 0.25) is 0 Å². The molecule has 0 bridgehead atoms. The molecule has 1 aliphatic rings. The molecule has 1 unspecified atom stereocenters. The number of nitrogens with zero attached hydrogens (tertiary/aromatic N) is 2. The standard InChI is InChI=1S/C29H24F6N2S/c1-2-3-4-5-6-23-24(25-26(30)27(31)29(34,35)28(25,32)33)22(17-38-23)15-21(16-36)19-9-7-18(8-10-19)20-11-13-37-14-12-20/h7-15,17,25H,2-6H2,1H3. The predicted octanol–water partition coefficient (Wildman–Crippen LogP) is 9.52. The third-order valence-electron chi connectivity index (χ3n) is 6.64. The van der Waals surface area contributed by atoms with E-state index in [0.717, 1.165) is 41.7 Å². The van der Waals surface area contributed by atoms with Gasteiger partial charge in [-0.2, -0.15) is 22.8 Å². The average Bonchev–Trinajstić information content (AvgIpc) is 3.35. The number of hydrogen-bond acceptors (Lipinski definition) is 3. The number of alkyl halides is 4. The number of allylic oxidation sites excluding steroid dienone is 3. The van der Waals surface area contributed by atoms with Gasteiger partial charge in [-0.15, -0.1) is 11.3 Å². The molecule has 198 valence electrons. The van der Waals surface area contributed by atoms with Crippen molar-refractivity contribution in [2.75, 3.05) is 0 Å². The van der Waals surface area contributed by atoms with Crippen molar-refractivity contribution in [1.29, 1.82) is 5.26 Å². The number of pyridine rings is 1. The molecule has 0 fully saturated rings. The highest BCUT2D eigenvalue weighted by atomic mass is 32.1. The molecule has 0 amide bonds. The van der Waals surface area contributed by atoms with Crippen molar-refractivity contribution in [3.63, 3.8) is 0 Å². The van der Waals surface area contributed by atoms with Crippen LogP contribution in [0.4, 0.5) is 26.3 Å². The number of thiophene rings is 1. The summed E-state index contributed by atoms with van der Waals surface area (Å²) in [5.41, 5.74) is 1.90. The Balaban J connectivity index is 1.77. The summed E-state index contributed by atoms with van der Waals surface area (Å²) in [5, 5.41) is 11.3. The average molecular weight is 547 g/mol. The lowest BCUT2D eigenvalue weighted by atomic mass is 9.88. The zero-order valence-electron chi connectivity index (χ0n) is 20.5. The summed E-state index contributed by atoms with van der Waals surface area (Å²) in [5.74, 6) is -17.9. The van der Waals surface area contributed by atoms with Gasteiger partial charge >= 0.3 is 11.8 Å². The highest BCUT2D eigenvalue weighted by molar-refractivity contribution is 7.10. The van der Waals surface area contributed by atoms with Crippen LogP contribution in [0.25, 0.3) is 22.8 Å². The minimum absolute atomic E-state index is 0.000534. The van der Waals surface area contributed by atoms with Crippen molar-refractivity contribution < 1.29 is 26.3 Å². The second-order valence-electron chi connectivity index (χ2n) is 9.11. The molecule has 9 heteroatoms. The van der Waals surface area contributed by atoms with Crippen molar-refractivity contribution in [2.45, 2.75) is 56.8 Å². The van der Waals surface area contributed by atoms with Gasteiger partial charge in [0.05, 0.1) is 11.6 Å². The maximum absolute atomic E-state index is 14.8. The van der Waals surface area contributed by atoms with E-state index >= 15 is 0 Å². The van der Waals surface area contributed by atoms with Gasteiger partial charge in [0.2, 0.25) is 5.83 Å². The molecule has 0 N–H and O–H groups in total. The number of unbranched alkanes of at least 4 members (excludes halogenated alkanes) is 3. The Labute approximate surface area is 221 Å². The molecule has 2 nitrogen and oxygen atoms in total. The number of aromatic nitrogens is 1. The highest BCUT2D eigenvalue weighted by Crippen LogP contribution is 2.60. The fourth-order valence-corrected chi connectivity index (χ4v) is 5.65. The van der Waals surface area contributed by atoms with E-state index < -0.39 is 29.4 Å². The normalized spacial score (nSPS) is 18.6. The summed E-state index contributed by atoms with van der Waals surface area (Å²) in [6, 6.07) is 12.5. The Morgan fingerprint density at radius 1 is 1.00 bits per heavy atom. The fraction of sp³-hybridized carbons (Fsp3) is 0.310. The lowest BCUT2D eigenvalue weighted by molar-refractivity contribution is -0.189. The van der Waals surface area contributed by atoms with Crippen molar-refractivity contribution in [3.05, 3.63) is 87.4 Å². The molecule has 0 saturated carbocycles. The van der Waals surface area contributed by atoms with E-state index in [9.17, 15) is 31.6 Å². The number of hydrogen-bond donors (Lipinski definition) is 0. The van der Waals surface area contributed by atoms with Crippen LogP contribution in [0.3, 0.4) is 0 Å². The lowest BCUT2D eigenvalue weighted by Gasteiger charge is -2.25. The van der Waals surface area contributed by atoms with Gasteiger partial charge in [0.15, 0.2) is 5.83 Å². The maximum atomic E-state index is 14.8. The third kappa shape index (κ3) is 5.02. The number of benzene rings is 1. The summed E-state index contributed by atoms with van der Waals surface area (Å²) in [6.07, 6.45) is 7.98. The van der Waals surface area contributed by atoms with Gasteiger partial charge in [0, 0.05) is 17.3 Å². The molecule has 0 aliphatic heterocycles. The molecule has 2 heterocycles. The quantitative estimate of drug-likeness (QED) is 0.152. The molecule has 38 heavy (non-hydrogen) atoms. The molecular formula is C29H24F6N2S. The van der Waals surface area contributed by atoms with Crippen molar-refractivity contribution >= 4 is 23.0 Å². The number of rotatable bonds is 9. The SMILES string of the molecule is CCCCCCc1scc(C=C(C#N)c2ccc(-c3ccncc3)cc2)c1C1C(F)=C(F)C(F)(F)C1(F)F. The van der Waals surface area contributed by atoms with Crippen LogP contribution < -0.4 is 0 Å². The van der Waals surface area contributed by atoms with E-state index in [1.54, 1.807) is 36.7 Å². The summed E-state index contributed by atoms with van der Waals surface area (Å²) >= 11 is 1.02. The Hall–Kier alpha value is -3.38. The fourth-order valence-electron chi connectivity index (χ4n) is 4.56. The van der Waals surface area contributed by atoms with E-state index in [0.29, 0.717) is 12.0 Å². The Bertz CT molecular complexity index is 1380. The smallest absolute Gasteiger partial charge is 0.265 e. The largest absolute Gasteiger partial charge is 0.364 e. The number of aryl methyl sites for hydroxylation is 1. The van der Waals surface area contributed by atoms with Gasteiger partial charge in [0.25, 0.3) is 0 Å². The van der Waals surface area contributed by atoms with E-state index in [2.05, 4.69) is 4.98 Å². The summed E-state index contributed by atoms with van der Waals surface area (Å²) in [6.45, 7) is 2.00. The van der Waals surface area contributed by atoms with Gasteiger partial charge in [0.1, 0.15) is 5.92 Å². The third-order valence-corrected chi connectivity index (χ3v) is 7.72. The molecule has 1 atom stereocenters. The van der Waals surface area contributed by atoms with Crippen molar-refractivity contribution in [3.8, 4) is 17.2 Å². The lowest BCUT2D eigenvalue weighted by Crippen LogP contribution is -2.41. The van der Waals surface area contributed by atoms with Crippen LogP contribution in [0.5, 0.6) is 0 Å². The molecule has 1 aromatic carbocycles. The molecule has 1 aliphatic carbocycles. The van der Waals surface area contributed by atoms with E-state index in [4.69, 9.17) is 0 Å². The Morgan fingerprint density at radius 3 is 2.24 bits per heavy atom. The molecule has 3 aromatic rings. The first-order valence-electron chi connectivity index (χ1n) is 12.2. The second kappa shape index (κ2) is 11.2. The first-order valence-corrected chi connectivity index (χ1v) is 13.1. The second-order valence-corrected chi connectivity index (χ2v) is 10.1. The molecule has 0 radical (unpaired) electrons. The summed E-state index contributed by atoms with van der Waals surface area (Å²) in [4.78, 5) is 4.25. The van der Waals surface area contributed by atoms with E-state index in [1.165, 1.54) is 11.5 Å². The summed E-state index contributed by atoms with van der Waals surface area (Å²) in [7, 11) is 0. The number of nitriles is 1. The zero-order valence-corrected chi connectivity index (χ0v) is 21.3. The van der Waals surface area contributed by atoms with Crippen molar-refractivity contribution in [1.82, 2.24) is 4.98 Å². The summed E-state index contributed by atoms with van der Waals surface area (Å²) < 4.78 is 86.7. The predicted molar refractivity (Wildman–Crippen MR) is 137 cm³/mol.